The molecular weight excluding hydrogens is 277 g/mol. The highest BCUT2D eigenvalue weighted by Crippen LogP contribution is 2.22. The van der Waals surface area contributed by atoms with Gasteiger partial charge >= 0.3 is 0 Å². The van der Waals surface area contributed by atoms with Gasteiger partial charge in [-0.1, -0.05) is 23.2 Å². The number of aromatic hydroxyl groups is 1. The molecule has 92 valence electrons. The van der Waals surface area contributed by atoms with Crippen LogP contribution >= 0.6 is 23.2 Å². The van der Waals surface area contributed by atoms with Gasteiger partial charge < -0.3 is 10.4 Å². The van der Waals surface area contributed by atoms with Crippen molar-refractivity contribution in [3.8, 4) is 5.75 Å². The van der Waals surface area contributed by atoms with Gasteiger partial charge in [-0.25, -0.2) is 9.97 Å². The highest BCUT2D eigenvalue weighted by molar-refractivity contribution is 6.34. The Labute approximate surface area is 112 Å². The van der Waals surface area contributed by atoms with Gasteiger partial charge in [-0.05, 0) is 18.2 Å². The number of halogens is 2. The summed E-state index contributed by atoms with van der Waals surface area (Å²) in [5.74, 6) is -0.303. The molecule has 5 nitrogen and oxygen atoms in total. The van der Waals surface area contributed by atoms with E-state index in [0.29, 0.717) is 0 Å². The summed E-state index contributed by atoms with van der Waals surface area (Å²) in [6, 6.07) is 4.08. The third-order valence-electron chi connectivity index (χ3n) is 2.06. The Morgan fingerprint density at radius 1 is 1.22 bits per heavy atom. The van der Waals surface area contributed by atoms with Crippen LogP contribution in [-0.4, -0.2) is 21.0 Å². The number of nitrogens with zero attached hydrogens (tertiary/aromatic N) is 2. The van der Waals surface area contributed by atoms with Crippen molar-refractivity contribution >= 4 is 34.9 Å². The Hall–Kier alpha value is -1.85. The monoisotopic (exact) mass is 283 g/mol. The maximum Gasteiger partial charge on any atom is 0.258 e. The number of benzene rings is 1. The van der Waals surface area contributed by atoms with Crippen molar-refractivity contribution in [1.82, 2.24) is 9.97 Å². The topological polar surface area (TPSA) is 75.1 Å². The summed E-state index contributed by atoms with van der Waals surface area (Å²) in [4.78, 5) is 19.5. The first kappa shape index (κ1) is 12.6. The van der Waals surface area contributed by atoms with E-state index in [1.54, 1.807) is 0 Å². The molecule has 0 aliphatic rings. The summed E-state index contributed by atoms with van der Waals surface area (Å²) in [6.07, 6.45) is 2.62. The molecule has 1 amide bonds. The van der Waals surface area contributed by atoms with Gasteiger partial charge in [0.05, 0.1) is 23.0 Å². The molecule has 0 bridgehead atoms. The van der Waals surface area contributed by atoms with E-state index in [1.165, 1.54) is 30.6 Å². The number of nitrogens with one attached hydrogen (secondary N) is 1. The van der Waals surface area contributed by atoms with Crippen LogP contribution in [0.4, 0.5) is 5.82 Å². The van der Waals surface area contributed by atoms with Crippen LogP contribution in [0.2, 0.25) is 10.2 Å². The molecule has 2 aromatic rings. The molecule has 1 aromatic heterocycles. The molecule has 0 spiro atoms. The molecule has 1 aromatic carbocycles. The number of amides is 1. The molecule has 0 radical (unpaired) electrons. The maximum atomic E-state index is 11.9. The van der Waals surface area contributed by atoms with Gasteiger partial charge in [0, 0.05) is 0 Å². The highest BCUT2D eigenvalue weighted by atomic mass is 35.5. The Kier molecular flexibility index (Phi) is 3.64. The third kappa shape index (κ3) is 2.88. The first-order valence-corrected chi connectivity index (χ1v) is 5.59. The van der Waals surface area contributed by atoms with E-state index >= 15 is 0 Å². The third-order valence-corrected chi connectivity index (χ3v) is 2.58. The number of phenols is 1. The normalized spacial score (nSPS) is 10.1. The fraction of sp³-hybridized carbons (Fsp3) is 0. The Morgan fingerprint density at radius 3 is 2.67 bits per heavy atom. The molecule has 1 heterocycles. The SMILES string of the molecule is O=C(Nc1cnc(Cl)cn1)c1cc(O)ccc1Cl. The van der Waals surface area contributed by atoms with Crippen LogP contribution in [0.15, 0.2) is 30.6 Å². The van der Waals surface area contributed by atoms with Gasteiger partial charge in [-0.3, -0.25) is 4.79 Å². The molecule has 0 aliphatic heterocycles. The summed E-state index contributed by atoms with van der Waals surface area (Å²) in [6.45, 7) is 0. The van der Waals surface area contributed by atoms with Crippen LogP contribution in [0, 0.1) is 0 Å². The molecule has 7 heteroatoms. The van der Waals surface area contributed by atoms with E-state index < -0.39 is 5.91 Å². The van der Waals surface area contributed by atoms with Crippen molar-refractivity contribution in [3.05, 3.63) is 46.3 Å². The van der Waals surface area contributed by atoms with Crippen LogP contribution < -0.4 is 5.32 Å². The van der Waals surface area contributed by atoms with Crippen molar-refractivity contribution in [1.29, 1.82) is 0 Å². The fourth-order valence-corrected chi connectivity index (χ4v) is 1.55. The van der Waals surface area contributed by atoms with Crippen molar-refractivity contribution < 1.29 is 9.90 Å². The minimum atomic E-state index is -0.493. The van der Waals surface area contributed by atoms with Gasteiger partial charge in [0.15, 0.2) is 5.82 Å². The average Bonchev–Trinajstić information content (AvgIpc) is 2.35. The van der Waals surface area contributed by atoms with Gasteiger partial charge in [0.2, 0.25) is 0 Å². The smallest absolute Gasteiger partial charge is 0.258 e. The second-order valence-corrected chi connectivity index (χ2v) is 4.14. The van der Waals surface area contributed by atoms with Crippen LogP contribution in [0.1, 0.15) is 10.4 Å². The Bertz CT molecular complexity index is 587. The van der Waals surface area contributed by atoms with Crippen LogP contribution in [0.5, 0.6) is 5.75 Å². The Morgan fingerprint density at radius 2 is 2.00 bits per heavy atom. The standard InChI is InChI=1S/C11H7Cl2N3O2/c12-8-2-1-6(17)3-7(8)11(18)16-10-5-14-9(13)4-15-10/h1-5,17H,(H,15,16,18). The average molecular weight is 284 g/mol. The van der Waals surface area contributed by atoms with E-state index in [0.717, 1.165) is 0 Å². The number of anilines is 1. The molecule has 0 fully saturated rings. The highest BCUT2D eigenvalue weighted by Gasteiger charge is 2.12. The lowest BCUT2D eigenvalue weighted by Crippen LogP contribution is -2.13. The van der Waals surface area contributed by atoms with Crippen LogP contribution in [0.3, 0.4) is 0 Å². The molecule has 0 unspecified atom stereocenters. The summed E-state index contributed by atoms with van der Waals surface area (Å²) in [7, 11) is 0. The maximum absolute atomic E-state index is 11.9. The number of carbonyl (C=O) groups is 1. The molecule has 0 atom stereocenters. The molecular formula is C11H7Cl2N3O2. The second-order valence-electron chi connectivity index (χ2n) is 3.34. The van der Waals surface area contributed by atoms with Crippen molar-refractivity contribution in [2.24, 2.45) is 0 Å². The fourth-order valence-electron chi connectivity index (χ4n) is 1.25. The molecule has 0 saturated heterocycles. The first-order valence-electron chi connectivity index (χ1n) is 4.83. The number of rotatable bonds is 2. The van der Waals surface area contributed by atoms with E-state index in [9.17, 15) is 9.90 Å². The van der Waals surface area contributed by atoms with E-state index in [4.69, 9.17) is 23.2 Å². The lowest BCUT2D eigenvalue weighted by Gasteiger charge is -2.06. The van der Waals surface area contributed by atoms with Crippen molar-refractivity contribution in [2.45, 2.75) is 0 Å². The molecule has 18 heavy (non-hydrogen) atoms. The number of carbonyl (C=O) groups excluding carboxylic acids is 1. The summed E-state index contributed by atoms with van der Waals surface area (Å²) < 4.78 is 0. The van der Waals surface area contributed by atoms with Gasteiger partial charge in [0.1, 0.15) is 10.9 Å². The van der Waals surface area contributed by atoms with Crippen LogP contribution in [-0.2, 0) is 0 Å². The molecule has 2 rings (SSSR count). The Balaban J connectivity index is 2.21. The first-order chi connectivity index (χ1) is 8.56. The number of aromatic nitrogens is 2. The number of hydrogen-bond acceptors (Lipinski definition) is 4. The van der Waals surface area contributed by atoms with E-state index in [1.807, 2.05) is 0 Å². The van der Waals surface area contributed by atoms with Gasteiger partial charge in [-0.2, -0.15) is 0 Å². The minimum Gasteiger partial charge on any atom is -0.508 e. The quantitative estimate of drug-likeness (QED) is 0.889. The zero-order valence-corrected chi connectivity index (χ0v) is 10.4. The largest absolute Gasteiger partial charge is 0.508 e. The number of phenolic OH excluding ortho intramolecular Hbond substituents is 1. The predicted molar refractivity (Wildman–Crippen MR) is 68.1 cm³/mol. The zero-order chi connectivity index (χ0) is 13.1. The molecule has 0 saturated carbocycles. The van der Waals surface area contributed by atoms with E-state index in [2.05, 4.69) is 15.3 Å². The van der Waals surface area contributed by atoms with Crippen molar-refractivity contribution in [2.75, 3.05) is 5.32 Å². The van der Waals surface area contributed by atoms with Crippen LogP contribution in [0.25, 0.3) is 0 Å². The van der Waals surface area contributed by atoms with Gasteiger partial charge in [0.25, 0.3) is 5.91 Å². The van der Waals surface area contributed by atoms with Gasteiger partial charge in [-0.15, -0.1) is 0 Å². The summed E-state index contributed by atoms with van der Waals surface area (Å²) >= 11 is 11.4. The summed E-state index contributed by atoms with van der Waals surface area (Å²) in [5, 5.41) is 12.2. The predicted octanol–water partition coefficient (Wildman–Crippen LogP) is 2.74. The lowest BCUT2D eigenvalue weighted by molar-refractivity contribution is 0.102. The zero-order valence-electron chi connectivity index (χ0n) is 8.89. The number of hydrogen-bond donors (Lipinski definition) is 2. The molecule has 2 N–H and O–H groups in total. The second kappa shape index (κ2) is 5.20. The lowest BCUT2D eigenvalue weighted by atomic mass is 10.2. The molecule has 0 aliphatic carbocycles. The summed E-state index contributed by atoms with van der Waals surface area (Å²) in [5.41, 5.74) is 0.147. The van der Waals surface area contributed by atoms with E-state index in [-0.39, 0.29) is 27.3 Å². The minimum absolute atomic E-state index is 0.0493. The van der Waals surface area contributed by atoms with Crippen molar-refractivity contribution in [3.63, 3.8) is 0 Å².